The van der Waals surface area contributed by atoms with E-state index in [2.05, 4.69) is 9.97 Å². The molecule has 92 valence electrons. The summed E-state index contributed by atoms with van der Waals surface area (Å²) in [5, 5.41) is 11.0. The molecule has 5 nitrogen and oxygen atoms in total. The van der Waals surface area contributed by atoms with Crippen molar-refractivity contribution in [2.45, 2.75) is 13.8 Å². The Kier molecular flexibility index (Phi) is 3.20. The van der Waals surface area contributed by atoms with Gasteiger partial charge in [-0.1, -0.05) is 24.4 Å². The molecule has 1 N–H and O–H groups in total. The van der Waals surface area contributed by atoms with Gasteiger partial charge in [0.2, 0.25) is 0 Å². The summed E-state index contributed by atoms with van der Waals surface area (Å²) in [6.45, 7) is 3.73. The van der Waals surface area contributed by atoms with Crippen LogP contribution >= 0.6 is 12.2 Å². The van der Waals surface area contributed by atoms with E-state index in [-0.39, 0.29) is 5.69 Å². The molecule has 6 heteroatoms. The Morgan fingerprint density at radius 2 is 2.00 bits per heavy atom. The van der Waals surface area contributed by atoms with Crippen molar-refractivity contribution in [3.05, 3.63) is 50.3 Å². The minimum absolute atomic E-state index is 0.0129. The molecule has 0 amide bonds. The summed E-state index contributed by atoms with van der Waals surface area (Å²) in [5.41, 5.74) is 2.20. The number of benzene rings is 1. The van der Waals surface area contributed by atoms with Gasteiger partial charge in [-0.2, -0.15) is 0 Å². The minimum atomic E-state index is -0.427. The number of nitrogens with zero attached hydrogens (tertiary/aromatic N) is 2. The van der Waals surface area contributed by atoms with Crippen LogP contribution in [0.5, 0.6) is 0 Å². The van der Waals surface area contributed by atoms with Gasteiger partial charge in [0.1, 0.15) is 10.5 Å². The maximum atomic E-state index is 11.0. The van der Waals surface area contributed by atoms with Crippen LogP contribution in [0.1, 0.15) is 11.3 Å². The molecule has 2 rings (SSSR count). The molecule has 18 heavy (non-hydrogen) atoms. The Morgan fingerprint density at radius 3 is 2.61 bits per heavy atom. The first kappa shape index (κ1) is 12.4. The Balaban J connectivity index is 2.70. The lowest BCUT2D eigenvalue weighted by molar-refractivity contribution is -0.384. The smallest absolute Gasteiger partial charge is 0.280 e. The molecule has 2 aromatic rings. The summed E-state index contributed by atoms with van der Waals surface area (Å²) in [4.78, 5) is 17.8. The van der Waals surface area contributed by atoms with Gasteiger partial charge in [0.25, 0.3) is 5.69 Å². The topological polar surface area (TPSA) is 71.8 Å². The third kappa shape index (κ3) is 2.14. The van der Waals surface area contributed by atoms with Crippen LogP contribution < -0.4 is 0 Å². The van der Waals surface area contributed by atoms with Gasteiger partial charge in [0, 0.05) is 17.3 Å². The van der Waals surface area contributed by atoms with E-state index in [1.807, 2.05) is 13.8 Å². The monoisotopic (exact) mass is 261 g/mol. The molecule has 0 aliphatic rings. The van der Waals surface area contributed by atoms with Crippen molar-refractivity contribution in [1.82, 2.24) is 9.97 Å². The van der Waals surface area contributed by atoms with Crippen molar-refractivity contribution in [3.63, 3.8) is 0 Å². The van der Waals surface area contributed by atoms with Crippen LogP contribution in [0.3, 0.4) is 0 Å². The number of nitrogens with one attached hydrogen (secondary N) is 1. The second-order valence-electron chi connectivity index (χ2n) is 3.91. The van der Waals surface area contributed by atoms with Gasteiger partial charge in [-0.3, -0.25) is 10.1 Å². The van der Waals surface area contributed by atoms with Crippen LogP contribution in [0, 0.1) is 28.6 Å². The molecular weight excluding hydrogens is 250 g/mol. The summed E-state index contributed by atoms with van der Waals surface area (Å²) in [5.74, 6) is 0.426. The number of aryl methyl sites for hydroxylation is 1. The molecule has 1 heterocycles. The van der Waals surface area contributed by atoms with Crippen molar-refractivity contribution in [2.75, 3.05) is 0 Å². The molecule has 1 aromatic heterocycles. The average molecular weight is 261 g/mol. The highest BCUT2D eigenvalue weighted by atomic mass is 32.1. The lowest BCUT2D eigenvalue weighted by Crippen LogP contribution is -1.99. The van der Waals surface area contributed by atoms with Gasteiger partial charge in [0.05, 0.1) is 10.5 Å². The third-order valence-electron chi connectivity index (χ3n) is 2.76. The maximum Gasteiger partial charge on any atom is 0.280 e. The third-order valence-corrected chi connectivity index (χ3v) is 3.16. The number of nitro benzene ring substituents is 1. The lowest BCUT2D eigenvalue weighted by Gasteiger charge is -2.06. The largest absolute Gasteiger partial charge is 0.343 e. The zero-order chi connectivity index (χ0) is 13.3. The van der Waals surface area contributed by atoms with E-state index in [9.17, 15) is 10.1 Å². The van der Waals surface area contributed by atoms with E-state index in [4.69, 9.17) is 12.2 Å². The van der Waals surface area contributed by atoms with Crippen molar-refractivity contribution >= 4 is 17.9 Å². The van der Waals surface area contributed by atoms with Crippen LogP contribution in [0.4, 0.5) is 5.69 Å². The summed E-state index contributed by atoms with van der Waals surface area (Å²) in [6, 6.07) is 6.46. The highest BCUT2D eigenvalue weighted by Crippen LogP contribution is 2.27. The zero-order valence-electron chi connectivity index (χ0n) is 9.93. The highest BCUT2D eigenvalue weighted by Gasteiger charge is 2.16. The maximum absolute atomic E-state index is 11.0. The van der Waals surface area contributed by atoms with Gasteiger partial charge in [-0.25, -0.2) is 4.98 Å². The van der Waals surface area contributed by atoms with E-state index in [1.54, 1.807) is 18.2 Å². The standard InChI is InChI=1S/C12H11N3O2S/c1-7-8(2)13-11(14-12(7)18)9-5-3-4-6-10(9)15(16)17/h3-6H,1-2H3,(H,13,14,18). The number of hydrogen-bond donors (Lipinski definition) is 1. The molecule has 0 fully saturated rings. The van der Waals surface area contributed by atoms with E-state index < -0.39 is 4.92 Å². The van der Waals surface area contributed by atoms with Gasteiger partial charge < -0.3 is 4.98 Å². The number of hydrogen-bond acceptors (Lipinski definition) is 4. The van der Waals surface area contributed by atoms with Gasteiger partial charge in [0.15, 0.2) is 0 Å². The molecule has 0 bridgehead atoms. The number of para-hydroxylation sites is 1. The van der Waals surface area contributed by atoms with Gasteiger partial charge in [-0.15, -0.1) is 0 Å². The van der Waals surface area contributed by atoms with E-state index in [0.29, 0.717) is 16.0 Å². The van der Waals surface area contributed by atoms with Crippen LogP contribution in [0.15, 0.2) is 24.3 Å². The Bertz CT molecular complexity index is 679. The molecule has 0 aliphatic carbocycles. The van der Waals surface area contributed by atoms with Crippen LogP contribution in [-0.4, -0.2) is 14.9 Å². The first-order chi connectivity index (χ1) is 8.50. The van der Waals surface area contributed by atoms with E-state index >= 15 is 0 Å². The first-order valence-corrected chi connectivity index (χ1v) is 5.73. The second-order valence-corrected chi connectivity index (χ2v) is 4.30. The molecule has 0 aliphatic heterocycles. The molecular formula is C12H11N3O2S. The van der Waals surface area contributed by atoms with Crippen LogP contribution in [-0.2, 0) is 0 Å². The average Bonchev–Trinajstić information content (AvgIpc) is 2.35. The molecule has 0 atom stereocenters. The zero-order valence-corrected chi connectivity index (χ0v) is 10.7. The van der Waals surface area contributed by atoms with E-state index in [1.165, 1.54) is 6.07 Å². The Morgan fingerprint density at radius 1 is 1.33 bits per heavy atom. The normalized spacial score (nSPS) is 10.3. The molecule has 0 spiro atoms. The van der Waals surface area contributed by atoms with Gasteiger partial charge in [-0.05, 0) is 19.9 Å². The van der Waals surface area contributed by atoms with Crippen molar-refractivity contribution in [2.24, 2.45) is 0 Å². The summed E-state index contributed by atoms with van der Waals surface area (Å²) in [6.07, 6.45) is 0. The summed E-state index contributed by atoms with van der Waals surface area (Å²) < 4.78 is 0.458. The molecule has 0 unspecified atom stereocenters. The molecule has 0 saturated heterocycles. The fourth-order valence-electron chi connectivity index (χ4n) is 1.61. The number of H-pyrrole nitrogens is 1. The fourth-order valence-corrected chi connectivity index (χ4v) is 1.85. The summed E-state index contributed by atoms with van der Waals surface area (Å²) >= 11 is 5.14. The molecule has 1 aromatic carbocycles. The molecule has 0 saturated carbocycles. The number of aromatic amines is 1. The SMILES string of the molecule is Cc1[nH]c(-c2ccccc2[N+](=O)[O-])nc(=S)c1C. The number of nitro groups is 1. The van der Waals surface area contributed by atoms with Gasteiger partial charge >= 0.3 is 0 Å². The van der Waals surface area contributed by atoms with Crippen molar-refractivity contribution in [3.8, 4) is 11.4 Å². The van der Waals surface area contributed by atoms with Crippen LogP contribution in [0.25, 0.3) is 11.4 Å². The first-order valence-electron chi connectivity index (χ1n) is 5.32. The van der Waals surface area contributed by atoms with Crippen molar-refractivity contribution < 1.29 is 4.92 Å². The fraction of sp³-hybridized carbons (Fsp3) is 0.167. The minimum Gasteiger partial charge on any atom is -0.343 e. The summed E-state index contributed by atoms with van der Waals surface area (Å²) in [7, 11) is 0. The predicted molar refractivity (Wildman–Crippen MR) is 71.0 cm³/mol. The molecule has 0 radical (unpaired) electrons. The highest BCUT2D eigenvalue weighted by molar-refractivity contribution is 7.71. The lowest BCUT2D eigenvalue weighted by atomic mass is 10.1. The Hall–Kier alpha value is -2.08. The van der Waals surface area contributed by atoms with E-state index in [0.717, 1.165) is 11.3 Å². The quantitative estimate of drug-likeness (QED) is 0.511. The second kappa shape index (κ2) is 4.66. The Labute approximate surface area is 109 Å². The number of rotatable bonds is 2. The van der Waals surface area contributed by atoms with Crippen molar-refractivity contribution in [1.29, 1.82) is 0 Å². The predicted octanol–water partition coefficient (Wildman–Crippen LogP) is 3.33. The number of aromatic nitrogens is 2. The van der Waals surface area contributed by atoms with Crippen LogP contribution in [0.2, 0.25) is 0 Å².